The molecule has 2 unspecified atom stereocenters. The molecule has 1 heterocycles. The maximum atomic E-state index is 11.7. The molecule has 3 nitrogen and oxygen atoms in total. The summed E-state index contributed by atoms with van der Waals surface area (Å²) in [6.45, 7) is 2.63. The molecule has 0 aliphatic heterocycles. The van der Waals surface area contributed by atoms with Gasteiger partial charge in [0.1, 0.15) is 0 Å². The minimum Gasteiger partial charge on any atom is -0.393 e. The topological polar surface area (TPSA) is 49.3 Å². The molecule has 1 saturated carbocycles. The third-order valence-corrected chi connectivity index (χ3v) is 4.53. The summed E-state index contributed by atoms with van der Waals surface area (Å²) >= 11 is 1.67. The summed E-state index contributed by atoms with van der Waals surface area (Å²) in [4.78, 5) is 14.0. The van der Waals surface area contributed by atoms with E-state index in [0.717, 1.165) is 30.6 Å². The number of aliphatic hydroxyl groups is 1. The molecular formula is C15H21NO2S. The highest BCUT2D eigenvalue weighted by Gasteiger charge is 2.22. The van der Waals surface area contributed by atoms with Gasteiger partial charge in [0.15, 0.2) is 0 Å². The highest BCUT2D eigenvalue weighted by Crippen LogP contribution is 2.23. The second kappa shape index (κ2) is 6.87. The van der Waals surface area contributed by atoms with Crippen molar-refractivity contribution >= 4 is 23.3 Å². The van der Waals surface area contributed by atoms with Gasteiger partial charge < -0.3 is 10.4 Å². The van der Waals surface area contributed by atoms with Crippen LogP contribution < -0.4 is 5.32 Å². The summed E-state index contributed by atoms with van der Waals surface area (Å²) in [5, 5.41) is 12.7. The monoisotopic (exact) mass is 279 g/mol. The average molecular weight is 279 g/mol. The van der Waals surface area contributed by atoms with Crippen LogP contribution in [-0.4, -0.2) is 23.7 Å². The van der Waals surface area contributed by atoms with Crippen molar-refractivity contribution in [1.82, 2.24) is 5.32 Å². The molecule has 1 aromatic heterocycles. The van der Waals surface area contributed by atoms with Crippen LogP contribution in [0.5, 0.6) is 0 Å². The quantitative estimate of drug-likeness (QED) is 0.833. The fraction of sp³-hybridized carbons (Fsp3) is 0.533. The first-order chi connectivity index (χ1) is 9.15. The number of aryl methyl sites for hydroxylation is 1. The van der Waals surface area contributed by atoms with E-state index in [1.165, 1.54) is 4.88 Å². The van der Waals surface area contributed by atoms with Crippen LogP contribution >= 0.6 is 11.3 Å². The average Bonchev–Trinajstić information content (AvgIpc) is 2.81. The number of carbonyl (C=O) groups excluding carboxylic acids is 1. The van der Waals surface area contributed by atoms with Gasteiger partial charge in [-0.3, -0.25) is 4.79 Å². The normalized spacial score (nSPS) is 23.7. The second-order valence-corrected chi connectivity index (χ2v) is 6.46. The maximum absolute atomic E-state index is 11.7. The molecule has 0 spiro atoms. The first-order valence-corrected chi connectivity index (χ1v) is 7.67. The number of nitrogens with one attached hydrogen (secondary N) is 1. The van der Waals surface area contributed by atoms with Crippen molar-refractivity contribution in [3.05, 3.63) is 28.0 Å². The van der Waals surface area contributed by atoms with Gasteiger partial charge in [-0.05, 0) is 38.0 Å². The van der Waals surface area contributed by atoms with Crippen LogP contribution in [0.1, 0.15) is 35.4 Å². The summed E-state index contributed by atoms with van der Waals surface area (Å²) < 4.78 is 0. The zero-order valence-corrected chi connectivity index (χ0v) is 12.1. The van der Waals surface area contributed by atoms with Crippen LogP contribution in [-0.2, 0) is 4.79 Å². The van der Waals surface area contributed by atoms with Gasteiger partial charge in [-0.15, -0.1) is 11.3 Å². The van der Waals surface area contributed by atoms with Crippen LogP contribution in [0.25, 0.3) is 6.08 Å². The number of hydrogen-bond acceptors (Lipinski definition) is 3. The smallest absolute Gasteiger partial charge is 0.244 e. The molecule has 104 valence electrons. The minimum absolute atomic E-state index is 0.0798. The summed E-state index contributed by atoms with van der Waals surface area (Å²) in [6, 6.07) is 4.05. The molecular weight excluding hydrogens is 258 g/mol. The van der Waals surface area contributed by atoms with E-state index in [0.29, 0.717) is 6.54 Å². The zero-order valence-electron chi connectivity index (χ0n) is 11.3. The van der Waals surface area contributed by atoms with E-state index in [-0.39, 0.29) is 17.9 Å². The first-order valence-electron chi connectivity index (χ1n) is 6.85. The zero-order chi connectivity index (χ0) is 13.7. The molecule has 1 aromatic rings. The predicted molar refractivity (Wildman–Crippen MR) is 79.1 cm³/mol. The molecule has 0 saturated heterocycles. The Labute approximate surface area is 118 Å². The number of rotatable bonds is 4. The van der Waals surface area contributed by atoms with E-state index >= 15 is 0 Å². The Hall–Kier alpha value is -1.13. The van der Waals surface area contributed by atoms with Crippen LogP contribution in [0.3, 0.4) is 0 Å². The molecule has 4 heteroatoms. The Kier molecular flexibility index (Phi) is 5.16. The van der Waals surface area contributed by atoms with Crippen molar-refractivity contribution in [3.63, 3.8) is 0 Å². The highest BCUT2D eigenvalue weighted by molar-refractivity contribution is 7.12. The second-order valence-electron chi connectivity index (χ2n) is 5.14. The van der Waals surface area contributed by atoms with Gasteiger partial charge in [-0.2, -0.15) is 0 Å². The molecule has 1 amide bonds. The Morgan fingerprint density at radius 2 is 2.26 bits per heavy atom. The molecule has 2 N–H and O–H groups in total. The lowest BCUT2D eigenvalue weighted by Crippen LogP contribution is -2.36. The van der Waals surface area contributed by atoms with Crippen molar-refractivity contribution in [1.29, 1.82) is 0 Å². The molecule has 0 bridgehead atoms. The highest BCUT2D eigenvalue weighted by atomic mass is 32.1. The van der Waals surface area contributed by atoms with E-state index in [4.69, 9.17) is 0 Å². The van der Waals surface area contributed by atoms with Gasteiger partial charge in [-0.25, -0.2) is 0 Å². The Balaban J connectivity index is 1.76. The lowest BCUT2D eigenvalue weighted by molar-refractivity contribution is -0.116. The van der Waals surface area contributed by atoms with Gasteiger partial charge in [-0.1, -0.05) is 12.8 Å². The summed E-state index contributed by atoms with van der Waals surface area (Å²) in [5.74, 6) is 0.138. The van der Waals surface area contributed by atoms with Gasteiger partial charge in [0.25, 0.3) is 0 Å². The van der Waals surface area contributed by atoms with E-state index in [2.05, 4.69) is 5.32 Å². The molecule has 1 aliphatic carbocycles. The number of hydrogen-bond donors (Lipinski definition) is 2. The Morgan fingerprint density at radius 1 is 1.47 bits per heavy atom. The fourth-order valence-electron chi connectivity index (χ4n) is 2.42. The third-order valence-electron chi connectivity index (χ3n) is 3.57. The van der Waals surface area contributed by atoms with Gasteiger partial charge >= 0.3 is 0 Å². The van der Waals surface area contributed by atoms with E-state index < -0.39 is 0 Å². The number of amides is 1. The fourth-order valence-corrected chi connectivity index (χ4v) is 3.20. The number of carbonyl (C=O) groups is 1. The molecule has 0 aromatic carbocycles. The van der Waals surface area contributed by atoms with Crippen LogP contribution in [0, 0.1) is 12.8 Å². The number of thiophene rings is 1. The van der Waals surface area contributed by atoms with Crippen LogP contribution in [0.2, 0.25) is 0 Å². The van der Waals surface area contributed by atoms with Crippen molar-refractivity contribution in [2.75, 3.05) is 6.54 Å². The standard InChI is InChI=1S/C15H21NO2S/c1-11-6-7-13(19-11)8-9-15(18)16-10-12-4-2-3-5-14(12)17/h6-9,12,14,17H,2-5,10H2,1H3,(H,16,18). The predicted octanol–water partition coefficient (Wildman–Crippen LogP) is 2.74. The largest absolute Gasteiger partial charge is 0.393 e. The lowest BCUT2D eigenvalue weighted by atomic mass is 9.86. The van der Waals surface area contributed by atoms with E-state index in [1.54, 1.807) is 17.4 Å². The first kappa shape index (κ1) is 14.3. The lowest BCUT2D eigenvalue weighted by Gasteiger charge is -2.27. The van der Waals surface area contributed by atoms with Gasteiger partial charge in [0.05, 0.1) is 6.10 Å². The van der Waals surface area contributed by atoms with Crippen molar-refractivity contribution in [2.24, 2.45) is 5.92 Å². The molecule has 1 aliphatic rings. The molecule has 1 fully saturated rings. The van der Waals surface area contributed by atoms with Crippen molar-refractivity contribution in [2.45, 2.75) is 38.7 Å². The molecule has 2 atom stereocenters. The maximum Gasteiger partial charge on any atom is 0.244 e. The van der Waals surface area contributed by atoms with Gasteiger partial charge in [0.2, 0.25) is 5.91 Å². The molecule has 2 rings (SSSR count). The third kappa shape index (κ3) is 4.48. The summed E-state index contributed by atoms with van der Waals surface area (Å²) in [6.07, 6.45) is 7.29. The van der Waals surface area contributed by atoms with Crippen molar-refractivity contribution in [3.8, 4) is 0 Å². The van der Waals surface area contributed by atoms with E-state index in [9.17, 15) is 9.90 Å². The Bertz CT molecular complexity index is 453. The minimum atomic E-state index is -0.252. The van der Waals surface area contributed by atoms with Crippen LogP contribution in [0.4, 0.5) is 0 Å². The SMILES string of the molecule is Cc1ccc(C=CC(=O)NCC2CCCCC2O)s1. The summed E-state index contributed by atoms with van der Waals surface area (Å²) in [5.41, 5.74) is 0. The van der Waals surface area contributed by atoms with E-state index in [1.807, 2.05) is 25.1 Å². The molecule has 0 radical (unpaired) electrons. The van der Waals surface area contributed by atoms with Crippen LogP contribution in [0.15, 0.2) is 18.2 Å². The number of aliphatic hydroxyl groups excluding tert-OH is 1. The van der Waals surface area contributed by atoms with Gasteiger partial charge in [0, 0.05) is 28.3 Å². The Morgan fingerprint density at radius 3 is 2.95 bits per heavy atom. The van der Waals surface area contributed by atoms with Crippen molar-refractivity contribution < 1.29 is 9.90 Å². The summed E-state index contributed by atoms with van der Waals surface area (Å²) in [7, 11) is 0. The molecule has 19 heavy (non-hydrogen) atoms.